The molecule has 0 saturated carbocycles. The molecule has 13 heavy (non-hydrogen) atoms. The van der Waals surface area contributed by atoms with Crippen LogP contribution in [0, 0.1) is 0 Å². The first-order valence-corrected chi connectivity index (χ1v) is 4.93. The molecule has 0 atom stereocenters. The zero-order valence-electron chi connectivity index (χ0n) is 8.65. The van der Waals surface area contributed by atoms with Crippen molar-refractivity contribution < 1.29 is 4.79 Å². The van der Waals surface area contributed by atoms with Gasteiger partial charge < -0.3 is 0 Å². The summed E-state index contributed by atoms with van der Waals surface area (Å²) < 4.78 is 0. The van der Waals surface area contributed by atoms with Crippen molar-refractivity contribution >= 4 is 5.91 Å². The zero-order valence-corrected chi connectivity index (χ0v) is 8.65. The SMILES string of the molecule is C=C(CCCC)C(=O)NNCCC. The molecule has 0 radical (unpaired) electrons. The van der Waals surface area contributed by atoms with Crippen molar-refractivity contribution in [1.82, 2.24) is 10.9 Å². The van der Waals surface area contributed by atoms with Gasteiger partial charge in [-0.05, 0) is 19.3 Å². The van der Waals surface area contributed by atoms with Crippen molar-refractivity contribution in [3.63, 3.8) is 0 Å². The largest absolute Gasteiger partial charge is 0.288 e. The van der Waals surface area contributed by atoms with E-state index in [0.717, 1.165) is 32.2 Å². The number of hydrogen-bond donors (Lipinski definition) is 2. The lowest BCUT2D eigenvalue weighted by molar-refractivity contribution is -0.118. The lowest BCUT2D eigenvalue weighted by atomic mass is 10.1. The molecule has 1 amide bonds. The molecular weight excluding hydrogens is 164 g/mol. The number of hydrazine groups is 1. The highest BCUT2D eigenvalue weighted by molar-refractivity contribution is 5.92. The molecule has 0 saturated heterocycles. The van der Waals surface area contributed by atoms with Crippen molar-refractivity contribution in [3.05, 3.63) is 12.2 Å². The molecule has 0 aliphatic rings. The second-order valence-corrected chi connectivity index (χ2v) is 3.09. The molecule has 2 N–H and O–H groups in total. The molecule has 0 bridgehead atoms. The van der Waals surface area contributed by atoms with Crippen molar-refractivity contribution in [2.24, 2.45) is 0 Å². The van der Waals surface area contributed by atoms with Gasteiger partial charge >= 0.3 is 0 Å². The van der Waals surface area contributed by atoms with Gasteiger partial charge in [0.05, 0.1) is 0 Å². The summed E-state index contributed by atoms with van der Waals surface area (Å²) in [6, 6.07) is 0. The smallest absolute Gasteiger partial charge is 0.260 e. The van der Waals surface area contributed by atoms with Gasteiger partial charge in [0, 0.05) is 12.1 Å². The maximum Gasteiger partial charge on any atom is 0.260 e. The summed E-state index contributed by atoms with van der Waals surface area (Å²) in [5.41, 5.74) is 6.09. The van der Waals surface area contributed by atoms with E-state index >= 15 is 0 Å². The van der Waals surface area contributed by atoms with Gasteiger partial charge in [-0.1, -0.05) is 26.8 Å². The fourth-order valence-corrected chi connectivity index (χ4v) is 0.860. The molecule has 0 aromatic heterocycles. The van der Waals surface area contributed by atoms with Crippen LogP contribution < -0.4 is 10.9 Å². The molecule has 0 fully saturated rings. The monoisotopic (exact) mass is 184 g/mol. The van der Waals surface area contributed by atoms with E-state index in [4.69, 9.17) is 0 Å². The third kappa shape index (κ3) is 6.34. The molecule has 0 aliphatic carbocycles. The average Bonchev–Trinajstić information content (AvgIpc) is 2.14. The van der Waals surface area contributed by atoms with Crippen molar-refractivity contribution in [1.29, 1.82) is 0 Å². The van der Waals surface area contributed by atoms with Crippen LogP contribution in [-0.2, 0) is 4.79 Å². The van der Waals surface area contributed by atoms with Gasteiger partial charge in [-0.2, -0.15) is 0 Å². The van der Waals surface area contributed by atoms with E-state index < -0.39 is 0 Å². The maximum atomic E-state index is 11.3. The second kappa shape index (κ2) is 7.80. The molecule has 0 rings (SSSR count). The van der Waals surface area contributed by atoms with Gasteiger partial charge in [0.15, 0.2) is 0 Å². The molecular formula is C10H20N2O. The number of amides is 1. The normalized spacial score (nSPS) is 9.69. The van der Waals surface area contributed by atoms with E-state index in [9.17, 15) is 4.79 Å². The number of carbonyl (C=O) groups excluding carboxylic acids is 1. The Hall–Kier alpha value is -0.830. The van der Waals surface area contributed by atoms with E-state index in [-0.39, 0.29) is 5.91 Å². The number of carbonyl (C=O) groups is 1. The first-order valence-electron chi connectivity index (χ1n) is 4.93. The quantitative estimate of drug-likeness (QED) is 0.359. The van der Waals surface area contributed by atoms with E-state index in [1.165, 1.54) is 0 Å². The second-order valence-electron chi connectivity index (χ2n) is 3.09. The number of nitrogens with one attached hydrogen (secondary N) is 2. The summed E-state index contributed by atoms with van der Waals surface area (Å²) in [7, 11) is 0. The Labute approximate surface area is 80.6 Å². The summed E-state index contributed by atoms with van der Waals surface area (Å²) in [6.07, 6.45) is 3.91. The van der Waals surface area contributed by atoms with Crippen molar-refractivity contribution in [3.8, 4) is 0 Å². The van der Waals surface area contributed by atoms with Gasteiger partial charge in [-0.3, -0.25) is 10.2 Å². The number of rotatable bonds is 7. The zero-order chi connectivity index (χ0) is 10.1. The summed E-state index contributed by atoms with van der Waals surface area (Å²) in [4.78, 5) is 11.3. The van der Waals surface area contributed by atoms with E-state index in [0.29, 0.717) is 5.57 Å². The molecule has 0 aromatic carbocycles. The van der Waals surface area contributed by atoms with Gasteiger partial charge in [0.2, 0.25) is 0 Å². The molecule has 0 spiro atoms. The molecule has 3 heteroatoms. The molecule has 0 aromatic rings. The third-order valence-electron chi connectivity index (χ3n) is 1.73. The number of hydrogen-bond acceptors (Lipinski definition) is 2. The van der Waals surface area contributed by atoms with Gasteiger partial charge in [-0.15, -0.1) is 0 Å². The summed E-state index contributed by atoms with van der Waals surface area (Å²) in [5.74, 6) is -0.0816. The van der Waals surface area contributed by atoms with E-state index in [1.54, 1.807) is 0 Å². The highest BCUT2D eigenvalue weighted by atomic mass is 16.2. The topological polar surface area (TPSA) is 41.1 Å². The lowest BCUT2D eigenvalue weighted by Gasteiger charge is -2.07. The van der Waals surface area contributed by atoms with Crippen LogP contribution in [0.5, 0.6) is 0 Å². The standard InChI is InChI=1S/C10H20N2O/c1-4-6-7-9(3)10(13)12-11-8-5-2/h11H,3-8H2,1-2H3,(H,12,13). The first-order chi connectivity index (χ1) is 6.22. The Morgan fingerprint density at radius 2 is 2.00 bits per heavy atom. The summed E-state index contributed by atoms with van der Waals surface area (Å²) >= 11 is 0. The van der Waals surface area contributed by atoms with E-state index in [2.05, 4.69) is 24.4 Å². The fraction of sp³-hybridized carbons (Fsp3) is 0.700. The Bertz CT molecular complexity index is 166. The molecule has 0 aliphatic heterocycles. The van der Waals surface area contributed by atoms with Crippen LogP contribution in [0.2, 0.25) is 0 Å². The average molecular weight is 184 g/mol. The molecule has 3 nitrogen and oxygen atoms in total. The number of unbranched alkanes of at least 4 members (excludes halogenated alkanes) is 1. The third-order valence-corrected chi connectivity index (χ3v) is 1.73. The minimum absolute atomic E-state index is 0.0816. The van der Waals surface area contributed by atoms with E-state index in [1.807, 2.05) is 6.92 Å². The molecule has 0 unspecified atom stereocenters. The van der Waals surface area contributed by atoms with Crippen LogP contribution in [-0.4, -0.2) is 12.5 Å². The minimum Gasteiger partial charge on any atom is -0.288 e. The van der Waals surface area contributed by atoms with Gasteiger partial charge in [0.1, 0.15) is 0 Å². The Morgan fingerprint density at radius 1 is 1.31 bits per heavy atom. The van der Waals surface area contributed by atoms with Crippen molar-refractivity contribution in [2.75, 3.05) is 6.54 Å². The lowest BCUT2D eigenvalue weighted by Crippen LogP contribution is -2.38. The van der Waals surface area contributed by atoms with Crippen LogP contribution in [0.15, 0.2) is 12.2 Å². The predicted molar refractivity (Wildman–Crippen MR) is 55.1 cm³/mol. The fourth-order valence-electron chi connectivity index (χ4n) is 0.860. The Kier molecular flexibility index (Phi) is 7.30. The molecule has 76 valence electrons. The maximum absolute atomic E-state index is 11.3. The van der Waals surface area contributed by atoms with Gasteiger partial charge in [-0.25, -0.2) is 5.43 Å². The van der Waals surface area contributed by atoms with Crippen LogP contribution in [0.4, 0.5) is 0 Å². The molecule has 0 heterocycles. The van der Waals surface area contributed by atoms with Crippen molar-refractivity contribution in [2.45, 2.75) is 39.5 Å². The highest BCUT2D eigenvalue weighted by Crippen LogP contribution is 2.03. The van der Waals surface area contributed by atoms with Crippen LogP contribution >= 0.6 is 0 Å². The van der Waals surface area contributed by atoms with Crippen LogP contribution in [0.3, 0.4) is 0 Å². The highest BCUT2D eigenvalue weighted by Gasteiger charge is 2.04. The Balaban J connectivity index is 3.51. The van der Waals surface area contributed by atoms with Gasteiger partial charge in [0.25, 0.3) is 5.91 Å². The Morgan fingerprint density at radius 3 is 2.54 bits per heavy atom. The summed E-state index contributed by atoms with van der Waals surface area (Å²) in [6.45, 7) is 8.66. The minimum atomic E-state index is -0.0816. The van der Waals surface area contributed by atoms with Crippen LogP contribution in [0.1, 0.15) is 39.5 Å². The summed E-state index contributed by atoms with van der Waals surface area (Å²) in [5, 5.41) is 0. The first kappa shape index (κ1) is 12.2. The predicted octanol–water partition coefficient (Wildman–Crippen LogP) is 1.76. The van der Waals surface area contributed by atoms with Crippen LogP contribution in [0.25, 0.3) is 0 Å².